The molecule has 0 amide bonds. The average Bonchev–Trinajstić information content (AvgIpc) is 2.30. The van der Waals surface area contributed by atoms with Crippen molar-refractivity contribution in [3.8, 4) is 0 Å². The van der Waals surface area contributed by atoms with Gasteiger partial charge in [-0.15, -0.1) is 0 Å². The van der Waals surface area contributed by atoms with Crippen LogP contribution in [0.1, 0.15) is 11.1 Å². The van der Waals surface area contributed by atoms with Crippen LogP contribution in [0.2, 0.25) is 0 Å². The SMILES string of the molecule is NN/C=C(\N)c1ccc(/C(N)=C/NN)cc1. The van der Waals surface area contributed by atoms with Gasteiger partial charge in [0, 0.05) is 12.4 Å². The Hall–Kier alpha value is -2.18. The lowest BCUT2D eigenvalue weighted by Crippen LogP contribution is -2.16. The van der Waals surface area contributed by atoms with Crippen LogP contribution in [0.5, 0.6) is 0 Å². The second-order valence-electron chi connectivity index (χ2n) is 3.11. The first-order valence-electron chi connectivity index (χ1n) is 4.63. The van der Waals surface area contributed by atoms with E-state index >= 15 is 0 Å². The van der Waals surface area contributed by atoms with Gasteiger partial charge in [0.15, 0.2) is 0 Å². The number of nitrogens with one attached hydrogen (secondary N) is 2. The van der Waals surface area contributed by atoms with Gasteiger partial charge in [0.2, 0.25) is 0 Å². The van der Waals surface area contributed by atoms with E-state index in [-0.39, 0.29) is 0 Å². The van der Waals surface area contributed by atoms with Crippen molar-refractivity contribution in [2.75, 3.05) is 0 Å². The third-order valence-corrected chi connectivity index (χ3v) is 2.03. The molecule has 1 rings (SSSR count). The first kappa shape index (κ1) is 11.9. The molecule has 0 aliphatic carbocycles. The van der Waals surface area contributed by atoms with Gasteiger partial charge in [-0.25, -0.2) is 0 Å². The van der Waals surface area contributed by atoms with Gasteiger partial charge in [-0.3, -0.25) is 11.7 Å². The van der Waals surface area contributed by atoms with Crippen molar-refractivity contribution in [3.63, 3.8) is 0 Å². The highest BCUT2D eigenvalue weighted by Crippen LogP contribution is 2.13. The summed E-state index contributed by atoms with van der Waals surface area (Å²) in [5.74, 6) is 10.3. The molecule has 0 saturated heterocycles. The number of rotatable bonds is 4. The van der Waals surface area contributed by atoms with E-state index in [0.29, 0.717) is 11.4 Å². The predicted molar refractivity (Wildman–Crippen MR) is 65.4 cm³/mol. The van der Waals surface area contributed by atoms with E-state index < -0.39 is 0 Å². The molecule has 1 aromatic carbocycles. The highest BCUT2D eigenvalue weighted by molar-refractivity contribution is 5.67. The molecule has 86 valence electrons. The quantitative estimate of drug-likeness (QED) is 0.289. The Morgan fingerprint density at radius 2 is 1.12 bits per heavy atom. The standard InChI is InChI=1S/C10H16N6/c11-9(5-15-13)7-1-2-8(4-3-7)10(12)6-16-14/h1-6,15-16H,11-14H2/b9-5-,10-6-. The van der Waals surface area contributed by atoms with Gasteiger partial charge in [-0.05, 0) is 11.1 Å². The minimum Gasteiger partial charge on any atom is -0.397 e. The maximum absolute atomic E-state index is 5.73. The lowest BCUT2D eigenvalue weighted by atomic mass is 10.1. The molecule has 0 saturated carbocycles. The Labute approximate surface area is 93.9 Å². The smallest absolute Gasteiger partial charge is 0.0561 e. The van der Waals surface area contributed by atoms with Crippen LogP contribution in [-0.2, 0) is 0 Å². The van der Waals surface area contributed by atoms with Crippen molar-refractivity contribution < 1.29 is 0 Å². The summed E-state index contributed by atoms with van der Waals surface area (Å²) in [7, 11) is 0. The zero-order chi connectivity index (χ0) is 12.0. The summed E-state index contributed by atoms with van der Waals surface area (Å²) in [6.07, 6.45) is 3.02. The molecule has 0 aliphatic rings. The maximum Gasteiger partial charge on any atom is 0.0561 e. The van der Waals surface area contributed by atoms with Crippen LogP contribution < -0.4 is 34.0 Å². The minimum atomic E-state index is 0.550. The Morgan fingerprint density at radius 1 is 0.812 bits per heavy atom. The van der Waals surface area contributed by atoms with Gasteiger partial charge in [0.1, 0.15) is 0 Å². The van der Waals surface area contributed by atoms with E-state index in [2.05, 4.69) is 10.9 Å². The Morgan fingerprint density at radius 3 is 1.38 bits per heavy atom. The van der Waals surface area contributed by atoms with Gasteiger partial charge >= 0.3 is 0 Å². The number of nitrogens with two attached hydrogens (primary N) is 4. The molecule has 0 spiro atoms. The van der Waals surface area contributed by atoms with Crippen LogP contribution in [0.4, 0.5) is 0 Å². The summed E-state index contributed by atoms with van der Waals surface area (Å²) >= 11 is 0. The summed E-state index contributed by atoms with van der Waals surface area (Å²) in [6, 6.07) is 7.37. The summed E-state index contributed by atoms with van der Waals surface area (Å²) in [4.78, 5) is 0. The second kappa shape index (κ2) is 5.64. The van der Waals surface area contributed by atoms with E-state index in [0.717, 1.165) is 11.1 Å². The third-order valence-electron chi connectivity index (χ3n) is 2.03. The van der Waals surface area contributed by atoms with Crippen LogP contribution in [0.3, 0.4) is 0 Å². The van der Waals surface area contributed by atoms with Crippen LogP contribution in [0.15, 0.2) is 36.7 Å². The molecule has 6 heteroatoms. The molecular formula is C10H16N6. The molecule has 10 N–H and O–H groups in total. The van der Waals surface area contributed by atoms with E-state index in [4.69, 9.17) is 23.2 Å². The van der Waals surface area contributed by atoms with E-state index in [9.17, 15) is 0 Å². The van der Waals surface area contributed by atoms with Crippen molar-refractivity contribution in [1.29, 1.82) is 0 Å². The monoisotopic (exact) mass is 220 g/mol. The molecular weight excluding hydrogens is 204 g/mol. The molecule has 1 aromatic rings. The van der Waals surface area contributed by atoms with Crippen molar-refractivity contribution in [3.05, 3.63) is 47.8 Å². The third kappa shape index (κ3) is 2.91. The summed E-state index contributed by atoms with van der Waals surface area (Å²) in [5, 5.41) is 0. The molecule has 0 heterocycles. The van der Waals surface area contributed by atoms with Gasteiger partial charge in [-0.2, -0.15) is 0 Å². The summed E-state index contributed by atoms with van der Waals surface area (Å²) in [5.41, 5.74) is 19.0. The molecule has 0 aliphatic heterocycles. The van der Waals surface area contributed by atoms with Crippen molar-refractivity contribution >= 4 is 11.4 Å². The number of benzene rings is 1. The van der Waals surface area contributed by atoms with E-state index in [1.165, 1.54) is 12.4 Å². The zero-order valence-electron chi connectivity index (χ0n) is 8.77. The molecule has 0 unspecified atom stereocenters. The van der Waals surface area contributed by atoms with E-state index in [1.54, 1.807) is 0 Å². The summed E-state index contributed by atoms with van der Waals surface area (Å²) in [6.45, 7) is 0. The number of hydrogen-bond donors (Lipinski definition) is 6. The normalized spacial score (nSPS) is 12.4. The predicted octanol–water partition coefficient (Wildman–Crippen LogP) is -0.873. The molecule has 0 aromatic heterocycles. The topological polar surface area (TPSA) is 128 Å². The molecule has 6 nitrogen and oxygen atoms in total. The minimum absolute atomic E-state index is 0.550. The Kier molecular flexibility index (Phi) is 4.19. The molecule has 0 radical (unpaired) electrons. The molecule has 0 atom stereocenters. The van der Waals surface area contributed by atoms with E-state index in [1.807, 2.05) is 24.3 Å². The Balaban J connectivity index is 2.91. The van der Waals surface area contributed by atoms with Gasteiger partial charge in [-0.1, -0.05) is 24.3 Å². The molecule has 0 bridgehead atoms. The van der Waals surface area contributed by atoms with Crippen LogP contribution in [-0.4, -0.2) is 0 Å². The average molecular weight is 220 g/mol. The van der Waals surface area contributed by atoms with Crippen molar-refractivity contribution in [2.45, 2.75) is 0 Å². The van der Waals surface area contributed by atoms with Crippen molar-refractivity contribution in [2.24, 2.45) is 23.2 Å². The van der Waals surface area contributed by atoms with Crippen LogP contribution in [0.25, 0.3) is 11.4 Å². The fourth-order valence-electron chi connectivity index (χ4n) is 1.20. The maximum atomic E-state index is 5.73. The first-order chi connectivity index (χ1) is 7.69. The number of hydrogen-bond acceptors (Lipinski definition) is 6. The largest absolute Gasteiger partial charge is 0.397 e. The highest BCUT2D eigenvalue weighted by Gasteiger charge is 1.98. The summed E-state index contributed by atoms with van der Waals surface area (Å²) < 4.78 is 0. The fourth-order valence-corrected chi connectivity index (χ4v) is 1.20. The zero-order valence-corrected chi connectivity index (χ0v) is 8.77. The highest BCUT2D eigenvalue weighted by atomic mass is 15.2. The van der Waals surface area contributed by atoms with Gasteiger partial charge < -0.3 is 22.3 Å². The van der Waals surface area contributed by atoms with Gasteiger partial charge in [0.25, 0.3) is 0 Å². The fraction of sp³-hybridized carbons (Fsp3) is 0. The second-order valence-corrected chi connectivity index (χ2v) is 3.11. The lowest BCUT2D eigenvalue weighted by molar-refractivity contribution is 0.966. The lowest BCUT2D eigenvalue weighted by Gasteiger charge is -2.05. The molecule has 0 fully saturated rings. The van der Waals surface area contributed by atoms with Crippen molar-refractivity contribution in [1.82, 2.24) is 10.9 Å². The van der Waals surface area contributed by atoms with Crippen LogP contribution >= 0.6 is 0 Å². The Bertz CT molecular complexity index is 353. The van der Waals surface area contributed by atoms with Crippen LogP contribution in [0, 0.1) is 0 Å². The number of hydrazine groups is 2. The van der Waals surface area contributed by atoms with Gasteiger partial charge in [0.05, 0.1) is 11.4 Å². The molecule has 16 heavy (non-hydrogen) atoms. The first-order valence-corrected chi connectivity index (χ1v) is 4.63.